The summed E-state index contributed by atoms with van der Waals surface area (Å²) in [6.45, 7) is 0.739. The zero-order chi connectivity index (χ0) is 11.5. The monoisotopic (exact) mass is 218 g/mol. The average molecular weight is 218 g/mol. The second-order valence-corrected chi connectivity index (χ2v) is 4.15. The Kier molecular flexibility index (Phi) is 2.93. The fourth-order valence-corrected chi connectivity index (χ4v) is 1.82. The molecule has 0 aliphatic heterocycles. The zero-order valence-corrected chi connectivity index (χ0v) is 8.85. The maximum absolute atomic E-state index is 9.14. The Hall–Kier alpha value is -1.80. The van der Waals surface area contributed by atoms with Crippen molar-refractivity contribution in [1.29, 1.82) is 5.26 Å². The smallest absolute Gasteiger partial charge is 0.144 e. The van der Waals surface area contributed by atoms with E-state index in [2.05, 4.69) is 16.4 Å². The number of pyridine rings is 1. The number of hydrogen-bond donors (Lipinski definition) is 3. The van der Waals surface area contributed by atoms with E-state index in [9.17, 15) is 0 Å². The molecule has 84 valence electrons. The lowest BCUT2D eigenvalue weighted by atomic mass is 9.82. The number of aromatic nitrogens is 1. The Morgan fingerprint density at radius 3 is 3.00 bits per heavy atom. The van der Waals surface area contributed by atoms with E-state index in [1.807, 2.05) is 0 Å². The number of rotatable bonds is 3. The highest BCUT2D eigenvalue weighted by Gasteiger charge is 2.26. The highest BCUT2D eigenvalue weighted by Crippen LogP contribution is 2.27. The van der Waals surface area contributed by atoms with Crippen LogP contribution >= 0.6 is 0 Å². The molecular weight excluding hydrogens is 204 g/mol. The molecule has 0 spiro atoms. The Morgan fingerprint density at radius 1 is 1.62 bits per heavy atom. The van der Waals surface area contributed by atoms with Crippen LogP contribution in [-0.2, 0) is 0 Å². The van der Waals surface area contributed by atoms with Crippen molar-refractivity contribution in [2.45, 2.75) is 18.9 Å². The average Bonchev–Trinajstić information content (AvgIpc) is 2.24. The molecule has 0 bridgehead atoms. The maximum Gasteiger partial charge on any atom is 0.144 e. The van der Waals surface area contributed by atoms with Gasteiger partial charge < -0.3 is 16.2 Å². The number of nitrogens with zero attached hydrogens (tertiary/aromatic N) is 2. The van der Waals surface area contributed by atoms with E-state index in [4.69, 9.17) is 16.1 Å². The minimum absolute atomic E-state index is 0.151. The molecule has 1 aromatic rings. The summed E-state index contributed by atoms with van der Waals surface area (Å²) in [6, 6.07) is 3.65. The first kappa shape index (κ1) is 10.7. The number of aliphatic hydroxyl groups is 1. The molecule has 2 rings (SSSR count). The van der Waals surface area contributed by atoms with Crippen molar-refractivity contribution in [2.75, 3.05) is 17.6 Å². The van der Waals surface area contributed by atoms with Crippen LogP contribution in [0.3, 0.4) is 0 Å². The summed E-state index contributed by atoms with van der Waals surface area (Å²) in [5, 5.41) is 21.1. The summed E-state index contributed by atoms with van der Waals surface area (Å²) in [7, 11) is 0. The molecule has 0 atom stereocenters. The molecule has 0 saturated heterocycles. The predicted octanol–water partition coefficient (Wildman–Crippen LogP) is 0.718. The zero-order valence-electron chi connectivity index (χ0n) is 8.85. The summed E-state index contributed by atoms with van der Waals surface area (Å²) in [5.74, 6) is 1.04. The molecule has 1 aliphatic rings. The molecule has 1 aliphatic carbocycles. The van der Waals surface area contributed by atoms with Gasteiger partial charge in [0.1, 0.15) is 11.9 Å². The van der Waals surface area contributed by atoms with E-state index in [0.717, 1.165) is 19.4 Å². The number of nitrogens with one attached hydrogen (secondary N) is 1. The van der Waals surface area contributed by atoms with Crippen LogP contribution in [0.15, 0.2) is 12.3 Å². The van der Waals surface area contributed by atoms with Gasteiger partial charge in [-0.2, -0.15) is 5.26 Å². The summed E-state index contributed by atoms with van der Waals surface area (Å²) >= 11 is 0. The Labute approximate surface area is 93.9 Å². The number of nitriles is 1. The lowest BCUT2D eigenvalue weighted by molar-refractivity contribution is 0.0486. The standard InChI is InChI=1S/C11H14N4O/c12-4-8-3-9(13)6-15-11(8)14-5-7-1-10(16)2-7/h3,6-7,10,16H,1-2,5,13H2,(H,14,15). The fourth-order valence-electron chi connectivity index (χ4n) is 1.82. The van der Waals surface area contributed by atoms with E-state index in [1.54, 1.807) is 6.07 Å². The summed E-state index contributed by atoms with van der Waals surface area (Å²) in [4.78, 5) is 4.08. The van der Waals surface area contributed by atoms with Crippen LogP contribution < -0.4 is 11.1 Å². The summed E-state index contributed by atoms with van der Waals surface area (Å²) in [6.07, 6.45) is 3.02. The molecule has 0 amide bonds. The molecule has 5 heteroatoms. The molecule has 16 heavy (non-hydrogen) atoms. The molecule has 0 unspecified atom stereocenters. The molecule has 1 saturated carbocycles. The van der Waals surface area contributed by atoms with Crippen molar-refractivity contribution < 1.29 is 5.11 Å². The molecule has 5 nitrogen and oxygen atoms in total. The number of aliphatic hydroxyl groups excluding tert-OH is 1. The van der Waals surface area contributed by atoms with Gasteiger partial charge in [0.2, 0.25) is 0 Å². The second-order valence-electron chi connectivity index (χ2n) is 4.15. The van der Waals surface area contributed by atoms with Gasteiger partial charge in [-0.3, -0.25) is 0 Å². The first-order chi connectivity index (χ1) is 7.69. The number of nitrogen functional groups attached to an aromatic ring is 1. The first-order valence-corrected chi connectivity index (χ1v) is 5.26. The quantitative estimate of drug-likeness (QED) is 0.694. The molecule has 0 radical (unpaired) electrons. The minimum atomic E-state index is -0.151. The lowest BCUT2D eigenvalue weighted by Gasteiger charge is -2.31. The third kappa shape index (κ3) is 2.23. The molecular formula is C11H14N4O. The molecule has 1 aromatic heterocycles. The number of hydrogen-bond acceptors (Lipinski definition) is 5. The third-order valence-electron chi connectivity index (χ3n) is 2.80. The lowest BCUT2D eigenvalue weighted by Crippen LogP contribution is -2.33. The van der Waals surface area contributed by atoms with Crippen molar-refractivity contribution in [1.82, 2.24) is 4.98 Å². The van der Waals surface area contributed by atoms with E-state index in [1.165, 1.54) is 6.20 Å². The SMILES string of the molecule is N#Cc1cc(N)cnc1NCC1CC(O)C1. The van der Waals surface area contributed by atoms with Crippen molar-refractivity contribution in [3.63, 3.8) is 0 Å². The van der Waals surface area contributed by atoms with Gasteiger partial charge in [-0.15, -0.1) is 0 Å². The van der Waals surface area contributed by atoms with E-state index < -0.39 is 0 Å². The van der Waals surface area contributed by atoms with Crippen molar-refractivity contribution in [3.05, 3.63) is 17.8 Å². The van der Waals surface area contributed by atoms with Gasteiger partial charge >= 0.3 is 0 Å². The van der Waals surface area contributed by atoms with Crippen LogP contribution in [0.2, 0.25) is 0 Å². The van der Waals surface area contributed by atoms with Gasteiger partial charge in [-0.25, -0.2) is 4.98 Å². The van der Waals surface area contributed by atoms with Crippen molar-refractivity contribution in [3.8, 4) is 6.07 Å². The summed E-state index contributed by atoms with van der Waals surface area (Å²) < 4.78 is 0. The normalized spacial score (nSPS) is 23.2. The highest BCUT2D eigenvalue weighted by atomic mass is 16.3. The van der Waals surface area contributed by atoms with Gasteiger partial charge in [-0.1, -0.05) is 0 Å². The van der Waals surface area contributed by atoms with Crippen LogP contribution in [0, 0.1) is 17.2 Å². The predicted molar refractivity (Wildman–Crippen MR) is 60.6 cm³/mol. The van der Waals surface area contributed by atoms with Crippen LogP contribution in [0.5, 0.6) is 0 Å². The second kappa shape index (κ2) is 4.37. The third-order valence-corrected chi connectivity index (χ3v) is 2.80. The molecule has 1 heterocycles. The minimum Gasteiger partial charge on any atom is -0.397 e. The van der Waals surface area contributed by atoms with Crippen LogP contribution in [0.4, 0.5) is 11.5 Å². The summed E-state index contributed by atoms with van der Waals surface area (Å²) in [5.41, 5.74) is 6.49. The van der Waals surface area contributed by atoms with Gasteiger partial charge in [-0.05, 0) is 24.8 Å². The van der Waals surface area contributed by atoms with Gasteiger partial charge in [0, 0.05) is 6.54 Å². The van der Waals surface area contributed by atoms with E-state index in [-0.39, 0.29) is 6.10 Å². The van der Waals surface area contributed by atoms with Gasteiger partial charge in [0.15, 0.2) is 0 Å². The Balaban J connectivity index is 1.96. The van der Waals surface area contributed by atoms with Crippen LogP contribution in [0.25, 0.3) is 0 Å². The van der Waals surface area contributed by atoms with E-state index in [0.29, 0.717) is 23.0 Å². The topological polar surface area (TPSA) is 95.0 Å². The van der Waals surface area contributed by atoms with Gasteiger partial charge in [0.05, 0.1) is 23.6 Å². The fraction of sp³-hybridized carbons (Fsp3) is 0.455. The van der Waals surface area contributed by atoms with E-state index >= 15 is 0 Å². The number of nitrogens with two attached hydrogens (primary N) is 1. The van der Waals surface area contributed by atoms with Crippen LogP contribution in [0.1, 0.15) is 18.4 Å². The van der Waals surface area contributed by atoms with Crippen molar-refractivity contribution >= 4 is 11.5 Å². The first-order valence-electron chi connectivity index (χ1n) is 5.26. The van der Waals surface area contributed by atoms with Crippen molar-refractivity contribution in [2.24, 2.45) is 5.92 Å². The maximum atomic E-state index is 9.14. The Morgan fingerprint density at radius 2 is 2.38 bits per heavy atom. The Bertz CT molecular complexity index is 420. The largest absolute Gasteiger partial charge is 0.397 e. The number of anilines is 2. The highest BCUT2D eigenvalue weighted by molar-refractivity contribution is 5.57. The molecule has 4 N–H and O–H groups in total. The van der Waals surface area contributed by atoms with Gasteiger partial charge in [0.25, 0.3) is 0 Å². The van der Waals surface area contributed by atoms with Crippen LogP contribution in [-0.4, -0.2) is 22.7 Å². The molecule has 0 aromatic carbocycles. The molecule has 1 fully saturated rings.